The molecule has 2 rings (SSSR count). The van der Waals surface area contributed by atoms with Crippen molar-refractivity contribution in [1.82, 2.24) is 5.43 Å². The van der Waals surface area contributed by atoms with Gasteiger partial charge in [-0.15, -0.1) is 0 Å². The summed E-state index contributed by atoms with van der Waals surface area (Å²) < 4.78 is 20.3. The first kappa shape index (κ1) is 16.2. The molecule has 1 unspecified atom stereocenters. The van der Waals surface area contributed by atoms with Crippen molar-refractivity contribution in [3.05, 3.63) is 62.3 Å². The normalized spacial score (nSPS) is 12.3. The maximum Gasteiger partial charge on any atom is 0.148 e. The lowest BCUT2D eigenvalue weighted by Crippen LogP contribution is -2.30. The average Bonchev–Trinajstić information content (AvgIpc) is 2.48. The highest BCUT2D eigenvalue weighted by molar-refractivity contribution is 9.10. The number of halogens is 3. The Bertz CT molecular complexity index is 666. The molecule has 0 aromatic heterocycles. The molecule has 0 aliphatic rings. The standard InChI is InChI=1S/C15H15BrClFN2O/c1-8-3-4-9(12(7-8)21-2)15(20-19)10-5-6-11(16)13(17)14(10)18/h3-7,15,20H,19H2,1-2H3. The zero-order chi connectivity index (χ0) is 15.6. The molecule has 3 nitrogen and oxygen atoms in total. The summed E-state index contributed by atoms with van der Waals surface area (Å²) in [5, 5.41) is 0.0267. The summed E-state index contributed by atoms with van der Waals surface area (Å²) >= 11 is 9.15. The zero-order valence-electron chi connectivity index (χ0n) is 11.6. The van der Waals surface area contributed by atoms with Crippen molar-refractivity contribution in [3.8, 4) is 5.75 Å². The number of hydrogen-bond donors (Lipinski definition) is 2. The lowest BCUT2D eigenvalue weighted by atomic mass is 9.97. The molecule has 1 atom stereocenters. The van der Waals surface area contributed by atoms with Gasteiger partial charge in [0.2, 0.25) is 0 Å². The summed E-state index contributed by atoms with van der Waals surface area (Å²) in [6.07, 6.45) is 0. The van der Waals surface area contributed by atoms with Crippen LogP contribution >= 0.6 is 27.5 Å². The minimum Gasteiger partial charge on any atom is -0.496 e. The van der Waals surface area contributed by atoms with E-state index in [1.54, 1.807) is 19.2 Å². The first-order valence-electron chi connectivity index (χ1n) is 6.23. The van der Waals surface area contributed by atoms with E-state index in [1.807, 2.05) is 25.1 Å². The third-order valence-electron chi connectivity index (χ3n) is 3.24. The van der Waals surface area contributed by atoms with E-state index >= 15 is 0 Å². The van der Waals surface area contributed by atoms with Gasteiger partial charge in [-0.3, -0.25) is 5.84 Å². The van der Waals surface area contributed by atoms with Gasteiger partial charge in [-0.25, -0.2) is 9.82 Å². The van der Waals surface area contributed by atoms with Gasteiger partial charge in [0.1, 0.15) is 11.6 Å². The summed E-state index contributed by atoms with van der Waals surface area (Å²) in [5.74, 6) is 5.75. The van der Waals surface area contributed by atoms with Crippen LogP contribution < -0.4 is 16.0 Å². The number of methoxy groups -OCH3 is 1. The van der Waals surface area contributed by atoms with E-state index in [1.165, 1.54) is 0 Å². The molecule has 0 spiro atoms. The van der Waals surface area contributed by atoms with Crippen LogP contribution in [0.5, 0.6) is 5.75 Å². The second-order valence-electron chi connectivity index (χ2n) is 4.61. The molecule has 6 heteroatoms. The molecule has 0 heterocycles. The van der Waals surface area contributed by atoms with Crippen molar-refractivity contribution in [3.63, 3.8) is 0 Å². The second kappa shape index (κ2) is 6.75. The summed E-state index contributed by atoms with van der Waals surface area (Å²) in [7, 11) is 1.57. The fourth-order valence-corrected chi connectivity index (χ4v) is 2.65. The Kier molecular flexibility index (Phi) is 5.22. The van der Waals surface area contributed by atoms with Crippen molar-refractivity contribution < 1.29 is 9.13 Å². The Morgan fingerprint density at radius 3 is 2.57 bits per heavy atom. The minimum atomic E-state index is -0.564. The highest BCUT2D eigenvalue weighted by atomic mass is 79.9. The summed E-state index contributed by atoms with van der Waals surface area (Å²) in [5.41, 5.74) is 4.76. The Morgan fingerprint density at radius 2 is 1.95 bits per heavy atom. The number of hydrogen-bond acceptors (Lipinski definition) is 3. The molecule has 0 amide bonds. The van der Waals surface area contributed by atoms with Gasteiger partial charge in [0.05, 0.1) is 18.2 Å². The number of nitrogens with two attached hydrogens (primary N) is 1. The monoisotopic (exact) mass is 372 g/mol. The van der Waals surface area contributed by atoms with Crippen LogP contribution in [-0.4, -0.2) is 7.11 Å². The van der Waals surface area contributed by atoms with E-state index < -0.39 is 11.9 Å². The molecule has 0 saturated heterocycles. The lowest BCUT2D eigenvalue weighted by molar-refractivity contribution is 0.403. The van der Waals surface area contributed by atoms with Crippen LogP contribution in [0.25, 0.3) is 0 Å². The highest BCUT2D eigenvalue weighted by Gasteiger charge is 2.22. The smallest absolute Gasteiger partial charge is 0.148 e. The molecule has 2 aromatic carbocycles. The molecule has 2 aromatic rings. The van der Waals surface area contributed by atoms with Gasteiger partial charge in [0.25, 0.3) is 0 Å². The predicted octanol–water partition coefficient (Wildman–Crippen LogP) is 4.11. The van der Waals surface area contributed by atoms with Crippen LogP contribution in [0.1, 0.15) is 22.7 Å². The number of benzene rings is 2. The Balaban J connectivity index is 2.57. The molecule has 112 valence electrons. The van der Waals surface area contributed by atoms with Gasteiger partial charge in [-0.1, -0.05) is 29.8 Å². The molecule has 0 fully saturated rings. The van der Waals surface area contributed by atoms with Gasteiger partial charge in [0.15, 0.2) is 0 Å². The Labute approximate surface area is 136 Å². The largest absolute Gasteiger partial charge is 0.496 e. The molecule has 0 aliphatic carbocycles. The van der Waals surface area contributed by atoms with Crippen molar-refractivity contribution in [2.24, 2.45) is 5.84 Å². The molecule has 0 radical (unpaired) electrons. The number of ether oxygens (including phenoxy) is 1. The number of hydrazine groups is 1. The zero-order valence-corrected chi connectivity index (χ0v) is 13.9. The third kappa shape index (κ3) is 3.21. The average molecular weight is 374 g/mol. The van der Waals surface area contributed by atoms with Crippen LogP contribution in [0, 0.1) is 12.7 Å². The van der Waals surface area contributed by atoms with Crippen molar-refractivity contribution in [1.29, 1.82) is 0 Å². The van der Waals surface area contributed by atoms with E-state index in [9.17, 15) is 4.39 Å². The third-order valence-corrected chi connectivity index (χ3v) is 4.50. The summed E-state index contributed by atoms with van der Waals surface area (Å²) in [4.78, 5) is 0. The predicted molar refractivity (Wildman–Crippen MR) is 86.0 cm³/mol. The highest BCUT2D eigenvalue weighted by Crippen LogP contribution is 2.35. The van der Waals surface area contributed by atoms with Crippen LogP contribution in [0.4, 0.5) is 4.39 Å². The Hall–Kier alpha value is -1.14. The molecule has 0 bridgehead atoms. The quantitative estimate of drug-likeness (QED) is 0.482. The van der Waals surface area contributed by atoms with E-state index in [2.05, 4.69) is 21.4 Å². The maximum atomic E-state index is 14.4. The first-order valence-corrected chi connectivity index (χ1v) is 7.40. The second-order valence-corrected chi connectivity index (χ2v) is 5.84. The van der Waals surface area contributed by atoms with Gasteiger partial charge in [-0.05, 0) is 40.5 Å². The first-order chi connectivity index (χ1) is 9.99. The van der Waals surface area contributed by atoms with Crippen molar-refractivity contribution in [2.75, 3.05) is 7.11 Å². The maximum absolute atomic E-state index is 14.4. The van der Waals surface area contributed by atoms with Gasteiger partial charge >= 0.3 is 0 Å². The van der Waals surface area contributed by atoms with Crippen LogP contribution in [0.3, 0.4) is 0 Å². The van der Waals surface area contributed by atoms with Crippen LogP contribution in [0.2, 0.25) is 5.02 Å². The topological polar surface area (TPSA) is 47.3 Å². The molecule has 3 N–H and O–H groups in total. The number of rotatable bonds is 4. The Morgan fingerprint density at radius 1 is 1.29 bits per heavy atom. The summed E-state index contributed by atoms with van der Waals surface area (Å²) in [6, 6.07) is 8.40. The van der Waals surface area contributed by atoms with Crippen LogP contribution in [-0.2, 0) is 0 Å². The molecule has 0 saturated carbocycles. The number of nitrogens with one attached hydrogen (secondary N) is 1. The van der Waals surface area contributed by atoms with Crippen molar-refractivity contribution >= 4 is 27.5 Å². The van der Waals surface area contributed by atoms with E-state index in [0.29, 0.717) is 15.8 Å². The fourth-order valence-electron chi connectivity index (χ4n) is 2.17. The summed E-state index contributed by atoms with van der Waals surface area (Å²) in [6.45, 7) is 1.95. The van der Waals surface area contributed by atoms with Crippen molar-refractivity contribution in [2.45, 2.75) is 13.0 Å². The lowest BCUT2D eigenvalue weighted by Gasteiger charge is -2.21. The molecule has 0 aliphatic heterocycles. The minimum absolute atomic E-state index is 0.0267. The van der Waals surface area contributed by atoms with E-state index in [-0.39, 0.29) is 5.02 Å². The molecule has 21 heavy (non-hydrogen) atoms. The van der Waals surface area contributed by atoms with E-state index in [4.69, 9.17) is 22.2 Å². The molecular weight excluding hydrogens is 359 g/mol. The SMILES string of the molecule is COc1cc(C)ccc1C(NN)c1ccc(Br)c(Cl)c1F. The van der Waals surface area contributed by atoms with Gasteiger partial charge in [0, 0.05) is 15.6 Å². The van der Waals surface area contributed by atoms with Crippen LogP contribution in [0.15, 0.2) is 34.8 Å². The van der Waals surface area contributed by atoms with E-state index in [0.717, 1.165) is 11.1 Å². The van der Waals surface area contributed by atoms with Gasteiger partial charge in [-0.2, -0.15) is 0 Å². The molecular formula is C15H15BrClFN2O. The number of aryl methyl sites for hydroxylation is 1. The van der Waals surface area contributed by atoms with Gasteiger partial charge < -0.3 is 4.74 Å². The fraction of sp³-hybridized carbons (Fsp3) is 0.200.